The number of furan rings is 1. The maximum Gasteiger partial charge on any atom is 0.313 e. The van der Waals surface area contributed by atoms with Gasteiger partial charge in [-0.3, -0.25) is 9.59 Å². The van der Waals surface area contributed by atoms with E-state index >= 15 is 0 Å². The summed E-state index contributed by atoms with van der Waals surface area (Å²) in [5, 5.41) is 15.9. The molecule has 1 fully saturated rings. The molecule has 1 aliphatic rings. The van der Waals surface area contributed by atoms with Crippen molar-refractivity contribution in [2.75, 3.05) is 18.5 Å². The number of carbonyl (C=O) groups is 2. The molecule has 7 heteroatoms. The monoisotopic (exact) mass is 358 g/mol. The summed E-state index contributed by atoms with van der Waals surface area (Å²) in [4.78, 5) is 24.3. The molecule has 1 atom stereocenters. The van der Waals surface area contributed by atoms with Crippen LogP contribution in [0.1, 0.15) is 25.5 Å². The second-order valence-corrected chi connectivity index (χ2v) is 6.24. The molecule has 3 N–H and O–H groups in total. The second-order valence-electron chi connectivity index (χ2n) is 6.24. The third kappa shape index (κ3) is 3.88. The summed E-state index contributed by atoms with van der Waals surface area (Å²) in [6, 6.07) is 10.2. The van der Waals surface area contributed by atoms with E-state index in [0.717, 1.165) is 12.8 Å². The van der Waals surface area contributed by atoms with Crippen LogP contribution in [0.3, 0.4) is 0 Å². The zero-order valence-electron chi connectivity index (χ0n) is 14.5. The maximum atomic E-state index is 12.2. The van der Waals surface area contributed by atoms with E-state index in [1.807, 2.05) is 6.92 Å². The van der Waals surface area contributed by atoms with E-state index in [4.69, 9.17) is 9.15 Å². The van der Waals surface area contributed by atoms with Gasteiger partial charge in [-0.2, -0.15) is 0 Å². The fourth-order valence-corrected chi connectivity index (χ4v) is 2.84. The molecule has 3 rings (SSSR count). The quantitative estimate of drug-likeness (QED) is 0.658. The smallest absolute Gasteiger partial charge is 0.313 e. The first kappa shape index (κ1) is 18.0. The first-order chi connectivity index (χ1) is 12.5. The van der Waals surface area contributed by atoms with Gasteiger partial charge in [0.25, 0.3) is 0 Å². The molecule has 7 nitrogen and oxygen atoms in total. The third-order valence-electron chi connectivity index (χ3n) is 4.36. The molecule has 0 radical (unpaired) electrons. The number of benzene rings is 1. The van der Waals surface area contributed by atoms with E-state index in [1.165, 1.54) is 6.26 Å². The number of aliphatic hydroxyl groups is 1. The van der Waals surface area contributed by atoms with Crippen molar-refractivity contribution >= 4 is 17.5 Å². The number of hydrogen-bond donors (Lipinski definition) is 3. The van der Waals surface area contributed by atoms with Crippen LogP contribution in [0, 0.1) is 5.92 Å². The zero-order valence-corrected chi connectivity index (χ0v) is 14.5. The number of carbonyl (C=O) groups excluding carboxylic acids is 2. The van der Waals surface area contributed by atoms with Crippen LogP contribution in [0.2, 0.25) is 0 Å². The van der Waals surface area contributed by atoms with Crippen molar-refractivity contribution in [3.05, 3.63) is 48.4 Å². The molecule has 1 unspecified atom stereocenters. The Balaban J connectivity index is 1.62. The Morgan fingerprint density at radius 1 is 1.23 bits per heavy atom. The van der Waals surface area contributed by atoms with E-state index in [2.05, 4.69) is 10.6 Å². The van der Waals surface area contributed by atoms with E-state index in [0.29, 0.717) is 23.8 Å². The minimum absolute atomic E-state index is 0.00990. The van der Waals surface area contributed by atoms with E-state index in [1.54, 1.807) is 36.4 Å². The average Bonchev–Trinajstić information content (AvgIpc) is 3.36. The van der Waals surface area contributed by atoms with Crippen molar-refractivity contribution in [3.63, 3.8) is 0 Å². The first-order valence-electron chi connectivity index (χ1n) is 8.62. The molecule has 0 spiro atoms. The van der Waals surface area contributed by atoms with Gasteiger partial charge in [-0.05, 0) is 49.9 Å². The van der Waals surface area contributed by atoms with Gasteiger partial charge in [-0.25, -0.2) is 0 Å². The molecule has 0 bridgehead atoms. The van der Waals surface area contributed by atoms with Crippen LogP contribution < -0.4 is 15.4 Å². The lowest BCUT2D eigenvalue weighted by Gasteiger charge is -2.26. The van der Waals surface area contributed by atoms with Gasteiger partial charge in [-0.1, -0.05) is 12.1 Å². The predicted octanol–water partition coefficient (Wildman–Crippen LogP) is 2.03. The standard InChI is InChI=1S/C19H22N2O5/c1-2-25-15-7-4-3-6-14(15)21-18(23)17(22)20-12-19(24,13-9-10-13)16-8-5-11-26-16/h3-8,11,13,24H,2,9-10,12H2,1H3,(H,20,22)(H,21,23). The van der Waals surface area contributed by atoms with Gasteiger partial charge >= 0.3 is 11.8 Å². The van der Waals surface area contributed by atoms with Gasteiger partial charge in [0, 0.05) is 0 Å². The van der Waals surface area contributed by atoms with Crippen LogP contribution in [0.5, 0.6) is 5.75 Å². The van der Waals surface area contributed by atoms with Gasteiger partial charge in [-0.15, -0.1) is 0 Å². The van der Waals surface area contributed by atoms with Crippen LogP contribution in [-0.2, 0) is 15.2 Å². The molecule has 0 saturated heterocycles. The van der Waals surface area contributed by atoms with Gasteiger partial charge < -0.3 is 24.9 Å². The molecular weight excluding hydrogens is 336 g/mol. The first-order valence-corrected chi connectivity index (χ1v) is 8.62. The summed E-state index contributed by atoms with van der Waals surface area (Å²) in [5.41, 5.74) is -0.888. The molecular formula is C19H22N2O5. The second kappa shape index (κ2) is 7.61. The van der Waals surface area contributed by atoms with Gasteiger partial charge in [0.15, 0.2) is 0 Å². The highest BCUT2D eigenvalue weighted by Crippen LogP contribution is 2.45. The minimum atomic E-state index is -1.30. The number of para-hydroxylation sites is 2. The maximum absolute atomic E-state index is 12.2. The predicted molar refractivity (Wildman–Crippen MR) is 94.6 cm³/mol. The Kier molecular flexibility index (Phi) is 5.27. The summed E-state index contributed by atoms with van der Waals surface area (Å²) in [7, 11) is 0. The fraction of sp³-hybridized carbons (Fsp3) is 0.368. The largest absolute Gasteiger partial charge is 0.492 e. The van der Waals surface area contributed by atoms with Crippen LogP contribution in [0.15, 0.2) is 47.1 Å². The summed E-state index contributed by atoms with van der Waals surface area (Å²) < 4.78 is 10.7. The molecule has 26 heavy (non-hydrogen) atoms. The van der Waals surface area contributed by atoms with Crippen molar-refractivity contribution in [1.29, 1.82) is 0 Å². The highest BCUT2D eigenvalue weighted by Gasteiger charge is 2.47. The number of amides is 2. The van der Waals surface area contributed by atoms with E-state index < -0.39 is 17.4 Å². The minimum Gasteiger partial charge on any atom is -0.492 e. The zero-order chi connectivity index (χ0) is 18.6. The normalized spacial score (nSPS) is 15.8. The molecule has 1 aromatic carbocycles. The number of nitrogens with one attached hydrogen (secondary N) is 2. The average molecular weight is 358 g/mol. The van der Waals surface area contributed by atoms with Crippen molar-refractivity contribution in [1.82, 2.24) is 5.32 Å². The van der Waals surface area contributed by atoms with Crippen LogP contribution in [0.4, 0.5) is 5.69 Å². The lowest BCUT2D eigenvalue weighted by molar-refractivity contribution is -0.137. The number of anilines is 1. The highest BCUT2D eigenvalue weighted by molar-refractivity contribution is 6.39. The van der Waals surface area contributed by atoms with Crippen LogP contribution in [-0.4, -0.2) is 30.1 Å². The highest BCUT2D eigenvalue weighted by atomic mass is 16.5. The SMILES string of the molecule is CCOc1ccccc1NC(=O)C(=O)NCC(O)(c1ccco1)C1CC1. The molecule has 1 aromatic heterocycles. The number of hydrogen-bond acceptors (Lipinski definition) is 5. The number of ether oxygens (including phenoxy) is 1. The molecule has 1 heterocycles. The van der Waals surface area contributed by atoms with Crippen molar-refractivity contribution in [3.8, 4) is 5.75 Å². The van der Waals surface area contributed by atoms with Gasteiger partial charge in [0.2, 0.25) is 0 Å². The molecule has 1 saturated carbocycles. The summed E-state index contributed by atoms with van der Waals surface area (Å²) in [5.74, 6) is -0.768. The van der Waals surface area contributed by atoms with E-state index in [-0.39, 0.29) is 12.5 Å². The van der Waals surface area contributed by atoms with Crippen molar-refractivity contribution < 1.29 is 23.8 Å². The topological polar surface area (TPSA) is 101 Å². The molecule has 0 aliphatic heterocycles. The van der Waals surface area contributed by atoms with Crippen LogP contribution >= 0.6 is 0 Å². The molecule has 2 amide bonds. The van der Waals surface area contributed by atoms with Gasteiger partial charge in [0.05, 0.1) is 25.1 Å². The summed E-state index contributed by atoms with van der Waals surface area (Å²) >= 11 is 0. The lowest BCUT2D eigenvalue weighted by Crippen LogP contribution is -2.45. The Bertz CT molecular complexity index is 770. The Hall–Kier alpha value is -2.80. The molecule has 2 aromatic rings. The Labute approximate surface area is 151 Å². The third-order valence-corrected chi connectivity index (χ3v) is 4.36. The number of rotatable bonds is 7. The lowest BCUT2D eigenvalue weighted by atomic mass is 9.94. The summed E-state index contributed by atoms with van der Waals surface area (Å²) in [6.07, 6.45) is 3.17. The fourth-order valence-electron chi connectivity index (χ4n) is 2.84. The van der Waals surface area contributed by atoms with Gasteiger partial charge in [0.1, 0.15) is 17.1 Å². The summed E-state index contributed by atoms with van der Waals surface area (Å²) in [6.45, 7) is 2.18. The van der Waals surface area contributed by atoms with Crippen molar-refractivity contribution in [2.24, 2.45) is 5.92 Å². The van der Waals surface area contributed by atoms with Crippen molar-refractivity contribution in [2.45, 2.75) is 25.4 Å². The van der Waals surface area contributed by atoms with E-state index in [9.17, 15) is 14.7 Å². The Morgan fingerprint density at radius 3 is 2.65 bits per heavy atom. The molecule has 1 aliphatic carbocycles. The molecule has 138 valence electrons. The Morgan fingerprint density at radius 2 is 2.00 bits per heavy atom. The van der Waals surface area contributed by atoms with Crippen LogP contribution in [0.25, 0.3) is 0 Å².